The molecule has 2 aromatic carbocycles. The molecule has 0 atom stereocenters. The Morgan fingerprint density at radius 1 is 0.885 bits per heavy atom. The van der Waals surface area contributed by atoms with Crippen LogP contribution < -0.4 is 5.56 Å². The molecule has 1 aliphatic rings. The molecule has 26 heavy (non-hydrogen) atoms. The third-order valence-electron chi connectivity index (χ3n) is 5.18. The molecule has 0 fully saturated rings. The predicted molar refractivity (Wildman–Crippen MR) is 103 cm³/mol. The van der Waals surface area contributed by atoms with Gasteiger partial charge >= 0.3 is 0 Å². The molecular weight excluding hydrogens is 324 g/mol. The van der Waals surface area contributed by atoms with Crippen LogP contribution in [-0.4, -0.2) is 33.0 Å². The van der Waals surface area contributed by atoms with Gasteiger partial charge in [0, 0.05) is 19.6 Å². The normalized spacial score (nSPS) is 14.5. The fourth-order valence-corrected chi connectivity index (χ4v) is 3.69. The summed E-state index contributed by atoms with van der Waals surface area (Å²) in [4.78, 5) is 14.9. The van der Waals surface area contributed by atoms with E-state index >= 15 is 0 Å². The van der Waals surface area contributed by atoms with Crippen molar-refractivity contribution in [3.8, 4) is 0 Å². The Morgan fingerprint density at radius 2 is 1.65 bits per heavy atom. The van der Waals surface area contributed by atoms with Gasteiger partial charge < -0.3 is 0 Å². The number of hydrogen-bond donors (Lipinski definition) is 0. The molecule has 1 aromatic heterocycles. The molecule has 134 valence electrons. The van der Waals surface area contributed by atoms with Crippen molar-refractivity contribution >= 4 is 10.9 Å². The van der Waals surface area contributed by atoms with Crippen LogP contribution in [-0.2, 0) is 19.5 Å². The monoisotopic (exact) mass is 348 g/mol. The zero-order valence-electron chi connectivity index (χ0n) is 15.0. The van der Waals surface area contributed by atoms with E-state index in [2.05, 4.69) is 39.5 Å². The lowest BCUT2D eigenvalue weighted by atomic mass is 10.00. The molecule has 4 rings (SSSR count). The lowest BCUT2D eigenvalue weighted by Crippen LogP contribution is -2.31. The van der Waals surface area contributed by atoms with Crippen LogP contribution in [0.2, 0.25) is 0 Å². The van der Waals surface area contributed by atoms with Crippen molar-refractivity contribution in [2.24, 2.45) is 0 Å². The van der Waals surface area contributed by atoms with Gasteiger partial charge in [-0.2, -0.15) is 0 Å². The summed E-state index contributed by atoms with van der Waals surface area (Å²) in [7, 11) is 0. The molecular formula is C21H24N4O. The van der Waals surface area contributed by atoms with Gasteiger partial charge in [-0.1, -0.05) is 48.0 Å². The van der Waals surface area contributed by atoms with Gasteiger partial charge in [-0.05, 0) is 49.1 Å². The maximum atomic E-state index is 12.4. The van der Waals surface area contributed by atoms with E-state index in [4.69, 9.17) is 0 Å². The minimum atomic E-state index is -0.0387. The van der Waals surface area contributed by atoms with Crippen molar-refractivity contribution in [1.82, 2.24) is 19.9 Å². The molecule has 1 aliphatic heterocycles. The first-order valence-electron chi connectivity index (χ1n) is 9.43. The number of aryl methyl sites for hydroxylation is 1. The number of benzene rings is 2. The number of hydrogen-bond acceptors (Lipinski definition) is 4. The molecule has 0 saturated heterocycles. The average Bonchev–Trinajstić information content (AvgIpc) is 2.69. The zero-order valence-corrected chi connectivity index (χ0v) is 15.0. The highest BCUT2D eigenvalue weighted by atomic mass is 16.1. The molecule has 5 nitrogen and oxygen atoms in total. The van der Waals surface area contributed by atoms with Crippen molar-refractivity contribution < 1.29 is 0 Å². The summed E-state index contributed by atoms with van der Waals surface area (Å²) in [5.41, 5.74) is 3.59. The van der Waals surface area contributed by atoms with E-state index in [9.17, 15) is 4.79 Å². The maximum absolute atomic E-state index is 12.4. The standard InChI is InChI=1S/C21H24N4O/c26-21-19-10-4-5-11-20(19)22-23-25(21)14-7-1-6-13-24-15-12-17-8-2-3-9-18(17)16-24/h2-5,8-11H,1,6-7,12-16H2. The third-order valence-corrected chi connectivity index (χ3v) is 5.18. The van der Waals surface area contributed by atoms with Gasteiger partial charge in [-0.15, -0.1) is 5.10 Å². The molecule has 0 amide bonds. The van der Waals surface area contributed by atoms with Gasteiger partial charge in [0.2, 0.25) is 0 Å². The maximum Gasteiger partial charge on any atom is 0.277 e. The molecule has 0 N–H and O–H groups in total. The van der Waals surface area contributed by atoms with E-state index in [-0.39, 0.29) is 5.56 Å². The Kier molecular flexibility index (Phi) is 5.07. The highest BCUT2D eigenvalue weighted by Crippen LogP contribution is 2.18. The fraction of sp³-hybridized carbons (Fsp3) is 0.381. The van der Waals surface area contributed by atoms with Gasteiger partial charge in [0.1, 0.15) is 5.52 Å². The molecule has 0 aliphatic carbocycles. The molecule has 5 heteroatoms. The Labute approximate surface area is 153 Å². The zero-order chi connectivity index (χ0) is 17.8. The van der Waals surface area contributed by atoms with E-state index in [1.54, 1.807) is 0 Å². The van der Waals surface area contributed by atoms with E-state index < -0.39 is 0 Å². The van der Waals surface area contributed by atoms with E-state index in [1.165, 1.54) is 15.8 Å². The van der Waals surface area contributed by atoms with Crippen LogP contribution in [0.4, 0.5) is 0 Å². The van der Waals surface area contributed by atoms with Crippen molar-refractivity contribution in [3.05, 3.63) is 70.0 Å². The van der Waals surface area contributed by atoms with Crippen molar-refractivity contribution in [1.29, 1.82) is 0 Å². The van der Waals surface area contributed by atoms with Crippen molar-refractivity contribution in [2.45, 2.75) is 38.8 Å². The van der Waals surface area contributed by atoms with Crippen LogP contribution in [0.25, 0.3) is 10.9 Å². The lowest BCUT2D eigenvalue weighted by Gasteiger charge is -2.28. The smallest absolute Gasteiger partial charge is 0.277 e. The van der Waals surface area contributed by atoms with E-state index in [0.717, 1.165) is 45.3 Å². The average molecular weight is 348 g/mol. The first-order valence-corrected chi connectivity index (χ1v) is 9.43. The summed E-state index contributed by atoms with van der Waals surface area (Å²) in [6.45, 7) is 3.96. The Balaban J connectivity index is 1.25. The van der Waals surface area contributed by atoms with Crippen LogP contribution in [0.15, 0.2) is 53.3 Å². The minimum absolute atomic E-state index is 0.0387. The molecule has 3 aromatic rings. The lowest BCUT2D eigenvalue weighted by molar-refractivity contribution is 0.247. The second kappa shape index (κ2) is 7.79. The number of fused-ring (bicyclic) bond motifs is 2. The second-order valence-electron chi connectivity index (χ2n) is 6.99. The van der Waals surface area contributed by atoms with Gasteiger partial charge in [-0.25, -0.2) is 4.68 Å². The summed E-state index contributed by atoms with van der Waals surface area (Å²) in [6.07, 6.45) is 4.35. The predicted octanol–water partition coefficient (Wildman–Crippen LogP) is 3.02. The first kappa shape index (κ1) is 16.9. The molecule has 0 bridgehead atoms. The summed E-state index contributed by atoms with van der Waals surface area (Å²) in [5, 5.41) is 8.85. The number of unbranched alkanes of at least 4 members (excludes halogenated alkanes) is 2. The fourth-order valence-electron chi connectivity index (χ4n) is 3.69. The van der Waals surface area contributed by atoms with Crippen LogP contribution >= 0.6 is 0 Å². The Morgan fingerprint density at radius 3 is 2.58 bits per heavy atom. The SMILES string of the molecule is O=c1c2ccccc2nnn1CCCCCN1CCc2ccccc2C1. The van der Waals surface area contributed by atoms with Crippen molar-refractivity contribution in [2.75, 3.05) is 13.1 Å². The number of rotatable bonds is 6. The van der Waals surface area contributed by atoms with Crippen LogP contribution in [0.3, 0.4) is 0 Å². The van der Waals surface area contributed by atoms with Gasteiger partial charge in [0.15, 0.2) is 0 Å². The van der Waals surface area contributed by atoms with Gasteiger partial charge in [0.25, 0.3) is 5.56 Å². The van der Waals surface area contributed by atoms with E-state index in [1.807, 2.05) is 24.3 Å². The Bertz CT molecular complexity index is 950. The minimum Gasteiger partial charge on any atom is -0.299 e. The topological polar surface area (TPSA) is 51.0 Å². The summed E-state index contributed by atoms with van der Waals surface area (Å²) in [5.74, 6) is 0. The molecule has 0 saturated carbocycles. The molecule has 0 radical (unpaired) electrons. The summed E-state index contributed by atoms with van der Waals surface area (Å²) >= 11 is 0. The number of nitrogens with zero attached hydrogens (tertiary/aromatic N) is 4. The Hall–Kier alpha value is -2.53. The third kappa shape index (κ3) is 3.68. The quantitative estimate of drug-likeness (QED) is 0.643. The highest BCUT2D eigenvalue weighted by Gasteiger charge is 2.14. The van der Waals surface area contributed by atoms with Crippen LogP contribution in [0.1, 0.15) is 30.4 Å². The first-order chi connectivity index (χ1) is 12.8. The second-order valence-corrected chi connectivity index (χ2v) is 6.99. The van der Waals surface area contributed by atoms with Crippen LogP contribution in [0.5, 0.6) is 0 Å². The van der Waals surface area contributed by atoms with E-state index in [0.29, 0.717) is 17.4 Å². The summed E-state index contributed by atoms with van der Waals surface area (Å²) < 4.78 is 1.50. The molecule has 0 unspecified atom stereocenters. The van der Waals surface area contributed by atoms with Crippen LogP contribution in [0, 0.1) is 0 Å². The summed E-state index contributed by atoms with van der Waals surface area (Å²) in [6, 6.07) is 16.1. The van der Waals surface area contributed by atoms with Crippen molar-refractivity contribution in [3.63, 3.8) is 0 Å². The molecule has 2 heterocycles. The molecule has 0 spiro atoms. The largest absolute Gasteiger partial charge is 0.299 e. The number of aromatic nitrogens is 3. The highest BCUT2D eigenvalue weighted by molar-refractivity contribution is 5.76. The van der Waals surface area contributed by atoms with Gasteiger partial charge in [-0.3, -0.25) is 9.69 Å². The van der Waals surface area contributed by atoms with Gasteiger partial charge in [0.05, 0.1) is 5.39 Å².